The number of aliphatic hydroxyl groups is 2. The number of nitrogens with zero attached hydrogens (tertiary/aromatic N) is 1. The van der Waals surface area contributed by atoms with Gasteiger partial charge in [-0.05, 0) is 40.5 Å². The fourth-order valence-corrected chi connectivity index (χ4v) is 1.72. The van der Waals surface area contributed by atoms with Crippen LogP contribution in [0.5, 0.6) is 0 Å². The number of piperidine rings is 1. The van der Waals surface area contributed by atoms with Crippen LogP contribution in [0, 0.1) is 0 Å². The predicted molar refractivity (Wildman–Crippen MR) is 58.8 cm³/mol. The summed E-state index contributed by atoms with van der Waals surface area (Å²) < 4.78 is 5.18. The van der Waals surface area contributed by atoms with Gasteiger partial charge in [-0.2, -0.15) is 0 Å². The lowest BCUT2D eigenvalue weighted by molar-refractivity contribution is -0.178. The minimum absolute atomic E-state index is 0.402. The summed E-state index contributed by atoms with van der Waals surface area (Å²) in [6, 6.07) is 0. The Morgan fingerprint density at radius 3 is 2.56 bits per heavy atom. The van der Waals surface area contributed by atoms with E-state index < -0.39 is 23.5 Å². The second kappa shape index (κ2) is 4.22. The molecule has 1 heterocycles. The van der Waals surface area contributed by atoms with Crippen molar-refractivity contribution in [2.75, 3.05) is 6.54 Å². The number of likely N-dealkylation sites (tertiary alicyclic amines) is 1. The number of aliphatic hydroxyl groups excluding tert-OH is 1. The Hall–Kier alpha value is -0.810. The number of hydrogen-bond acceptors (Lipinski definition) is 4. The van der Waals surface area contributed by atoms with E-state index in [4.69, 9.17) is 4.74 Å². The Balaban J connectivity index is 2.75. The molecule has 16 heavy (non-hydrogen) atoms. The third-order valence-corrected chi connectivity index (χ3v) is 2.65. The lowest BCUT2D eigenvalue weighted by Gasteiger charge is -2.43. The van der Waals surface area contributed by atoms with Gasteiger partial charge < -0.3 is 14.9 Å². The predicted octanol–water partition coefficient (Wildman–Crippen LogP) is 1.09. The first-order valence-electron chi connectivity index (χ1n) is 5.55. The fraction of sp³-hybridized carbons (Fsp3) is 0.909. The molecular weight excluding hydrogens is 210 g/mol. The van der Waals surface area contributed by atoms with Gasteiger partial charge >= 0.3 is 6.09 Å². The summed E-state index contributed by atoms with van der Waals surface area (Å²) in [4.78, 5) is 13.0. The van der Waals surface area contributed by atoms with Crippen molar-refractivity contribution in [3.8, 4) is 0 Å². The molecule has 1 fully saturated rings. The van der Waals surface area contributed by atoms with Crippen LogP contribution in [0.4, 0.5) is 4.79 Å². The van der Waals surface area contributed by atoms with E-state index in [9.17, 15) is 15.0 Å². The molecule has 1 rings (SSSR count). The van der Waals surface area contributed by atoms with Gasteiger partial charge in [-0.15, -0.1) is 0 Å². The average Bonchev–Trinajstić information content (AvgIpc) is 2.06. The molecule has 0 radical (unpaired) electrons. The lowest BCUT2D eigenvalue weighted by atomic mass is 9.97. The molecule has 0 aromatic heterocycles. The smallest absolute Gasteiger partial charge is 0.412 e. The van der Waals surface area contributed by atoms with Crippen molar-refractivity contribution in [2.45, 2.75) is 58.0 Å². The number of rotatable bonds is 0. The minimum Gasteiger partial charge on any atom is -0.444 e. The van der Waals surface area contributed by atoms with E-state index in [0.29, 0.717) is 19.4 Å². The van der Waals surface area contributed by atoms with Gasteiger partial charge in [0.1, 0.15) is 11.7 Å². The van der Waals surface area contributed by atoms with Crippen LogP contribution in [-0.2, 0) is 4.74 Å². The number of carbonyl (C=O) groups is 1. The van der Waals surface area contributed by atoms with Crippen molar-refractivity contribution in [2.24, 2.45) is 0 Å². The highest BCUT2D eigenvalue weighted by molar-refractivity contribution is 5.69. The van der Waals surface area contributed by atoms with Gasteiger partial charge in [0, 0.05) is 6.54 Å². The summed E-state index contributed by atoms with van der Waals surface area (Å²) >= 11 is 0. The highest BCUT2D eigenvalue weighted by Crippen LogP contribution is 2.27. The van der Waals surface area contributed by atoms with Crippen molar-refractivity contribution >= 4 is 6.09 Å². The normalized spacial score (nSPS) is 31.4. The van der Waals surface area contributed by atoms with E-state index in [-0.39, 0.29) is 0 Å². The molecule has 2 N–H and O–H groups in total. The van der Waals surface area contributed by atoms with E-state index in [1.54, 1.807) is 20.8 Å². The van der Waals surface area contributed by atoms with Crippen LogP contribution < -0.4 is 0 Å². The summed E-state index contributed by atoms with van der Waals surface area (Å²) in [6.45, 7) is 7.12. The Kier molecular flexibility index (Phi) is 3.50. The number of hydrogen-bond donors (Lipinski definition) is 2. The zero-order chi connectivity index (χ0) is 12.6. The summed E-state index contributed by atoms with van der Waals surface area (Å²) in [6.07, 6.45) is -0.354. The van der Waals surface area contributed by atoms with E-state index in [2.05, 4.69) is 0 Å². The van der Waals surface area contributed by atoms with Gasteiger partial charge in [-0.1, -0.05) is 0 Å². The Bertz CT molecular complexity index is 270. The van der Waals surface area contributed by atoms with Gasteiger partial charge in [0.15, 0.2) is 5.72 Å². The maximum atomic E-state index is 11.8. The van der Waals surface area contributed by atoms with Gasteiger partial charge in [0.25, 0.3) is 0 Å². The quantitative estimate of drug-likeness (QED) is 0.654. The summed E-state index contributed by atoms with van der Waals surface area (Å²) in [7, 11) is 0. The van der Waals surface area contributed by atoms with Crippen molar-refractivity contribution in [1.82, 2.24) is 4.90 Å². The van der Waals surface area contributed by atoms with Gasteiger partial charge in [0.05, 0.1) is 0 Å². The first kappa shape index (κ1) is 13.3. The summed E-state index contributed by atoms with van der Waals surface area (Å²) in [5, 5.41) is 19.7. The highest BCUT2D eigenvalue weighted by Gasteiger charge is 2.44. The van der Waals surface area contributed by atoms with Crippen LogP contribution in [0.1, 0.15) is 40.5 Å². The molecule has 1 amide bonds. The Labute approximate surface area is 96.0 Å². The van der Waals surface area contributed by atoms with Gasteiger partial charge in [0.2, 0.25) is 0 Å². The van der Waals surface area contributed by atoms with Crippen molar-refractivity contribution in [1.29, 1.82) is 0 Å². The van der Waals surface area contributed by atoms with Gasteiger partial charge in [-0.3, -0.25) is 4.90 Å². The zero-order valence-electron chi connectivity index (χ0n) is 10.4. The van der Waals surface area contributed by atoms with E-state index >= 15 is 0 Å². The molecule has 1 saturated heterocycles. The summed E-state index contributed by atoms with van der Waals surface area (Å²) in [5.74, 6) is 0. The molecule has 1 aliphatic rings. The van der Waals surface area contributed by atoms with Crippen LogP contribution in [0.3, 0.4) is 0 Å². The molecule has 0 saturated carbocycles. The first-order chi connectivity index (χ1) is 7.14. The lowest BCUT2D eigenvalue weighted by Crippen LogP contribution is -2.60. The molecule has 0 spiro atoms. The van der Waals surface area contributed by atoms with Crippen molar-refractivity contribution in [3.05, 3.63) is 0 Å². The van der Waals surface area contributed by atoms with Crippen LogP contribution in [0.2, 0.25) is 0 Å². The standard InChI is InChI=1S/C11H21NO4/c1-10(2,3)16-9(14)12-7-5-6-8(13)11(12,4)15/h8,13,15H,5-7H2,1-4H3. The van der Waals surface area contributed by atoms with Gasteiger partial charge in [-0.25, -0.2) is 4.79 Å². The number of carbonyl (C=O) groups excluding carboxylic acids is 1. The third-order valence-electron chi connectivity index (χ3n) is 2.65. The first-order valence-corrected chi connectivity index (χ1v) is 5.55. The summed E-state index contributed by atoms with van der Waals surface area (Å²) in [5.41, 5.74) is -2.14. The largest absolute Gasteiger partial charge is 0.444 e. The maximum absolute atomic E-state index is 11.8. The molecule has 0 aromatic rings. The number of ether oxygens (including phenoxy) is 1. The maximum Gasteiger partial charge on any atom is 0.412 e. The van der Waals surface area contributed by atoms with Crippen molar-refractivity contribution < 1.29 is 19.7 Å². The molecule has 2 unspecified atom stereocenters. The highest BCUT2D eigenvalue weighted by atomic mass is 16.6. The van der Waals surface area contributed by atoms with Crippen LogP contribution in [0.25, 0.3) is 0 Å². The fourth-order valence-electron chi connectivity index (χ4n) is 1.72. The SMILES string of the molecule is CC(C)(C)OC(=O)N1CCCC(O)C1(C)O. The Morgan fingerprint density at radius 2 is 2.06 bits per heavy atom. The van der Waals surface area contributed by atoms with E-state index in [0.717, 1.165) is 0 Å². The molecule has 5 heteroatoms. The second-order valence-corrected chi connectivity index (χ2v) is 5.38. The molecule has 1 aliphatic heterocycles. The van der Waals surface area contributed by atoms with Crippen LogP contribution in [-0.4, -0.2) is 45.2 Å². The molecule has 0 aliphatic carbocycles. The topological polar surface area (TPSA) is 70.0 Å². The second-order valence-electron chi connectivity index (χ2n) is 5.38. The minimum atomic E-state index is -1.54. The van der Waals surface area contributed by atoms with Crippen LogP contribution in [0.15, 0.2) is 0 Å². The molecule has 94 valence electrons. The number of amides is 1. The van der Waals surface area contributed by atoms with Crippen molar-refractivity contribution in [3.63, 3.8) is 0 Å². The Morgan fingerprint density at radius 1 is 1.50 bits per heavy atom. The average molecular weight is 231 g/mol. The molecule has 5 nitrogen and oxygen atoms in total. The van der Waals surface area contributed by atoms with E-state index in [1.807, 2.05) is 0 Å². The molecular formula is C11H21NO4. The molecule has 0 aromatic carbocycles. The monoisotopic (exact) mass is 231 g/mol. The van der Waals surface area contributed by atoms with Crippen LogP contribution >= 0.6 is 0 Å². The molecule has 2 atom stereocenters. The van der Waals surface area contributed by atoms with E-state index in [1.165, 1.54) is 11.8 Å². The third kappa shape index (κ3) is 2.86. The molecule has 0 bridgehead atoms. The zero-order valence-corrected chi connectivity index (χ0v) is 10.4.